The molecule has 0 radical (unpaired) electrons. The maximum atomic E-state index is 12.4. The number of nitrogens with one attached hydrogen (secondary N) is 2. The number of ketones is 2. The number of hydrogen-bond acceptors (Lipinski definition) is 11. The summed E-state index contributed by atoms with van der Waals surface area (Å²) in [7, 11) is 0. The van der Waals surface area contributed by atoms with Crippen LogP contribution in [-0.2, 0) is 42.9 Å². The van der Waals surface area contributed by atoms with Crippen molar-refractivity contribution < 1.29 is 62.7 Å². The van der Waals surface area contributed by atoms with E-state index in [4.69, 9.17) is 28.8 Å². The molecule has 0 heterocycles. The van der Waals surface area contributed by atoms with Crippen LogP contribution in [0, 0.1) is 5.92 Å². The largest absolute Gasteiger partial charge is 0.494 e. The van der Waals surface area contributed by atoms with Gasteiger partial charge in [0.25, 0.3) is 0 Å². The van der Waals surface area contributed by atoms with Crippen molar-refractivity contribution in [3.8, 4) is 5.75 Å². The second-order valence-corrected chi connectivity index (χ2v) is 12.5. The summed E-state index contributed by atoms with van der Waals surface area (Å²) in [5.41, 5.74) is 0.213. The van der Waals surface area contributed by atoms with E-state index in [-0.39, 0.29) is 87.8 Å². The highest BCUT2D eigenvalue weighted by Crippen LogP contribution is 2.16. The molecule has 0 aliphatic carbocycles. The Morgan fingerprint density at radius 1 is 0.604 bits per heavy atom. The minimum atomic E-state index is -1.09. The van der Waals surface area contributed by atoms with E-state index in [0.717, 1.165) is 38.5 Å². The number of carbonyl (C=O) groups excluding carboxylic acids is 4. The third-order valence-corrected chi connectivity index (χ3v) is 7.89. The summed E-state index contributed by atoms with van der Waals surface area (Å²) < 4.78 is 26.9. The SMILES string of the molecule is CCCNC(=O)COCCOCCCC(=O)COCCOCCNC(=O)CC[C@H](CC(=O)CCCCCCCCOc1ccc(C(=O)O)cc1)C(=O)O. The van der Waals surface area contributed by atoms with E-state index in [2.05, 4.69) is 10.6 Å². The number of aliphatic carboxylic acids is 1. The summed E-state index contributed by atoms with van der Waals surface area (Å²) in [6.07, 6.45) is 7.35. The van der Waals surface area contributed by atoms with Crippen LogP contribution < -0.4 is 15.4 Å². The van der Waals surface area contributed by atoms with Gasteiger partial charge in [-0.2, -0.15) is 0 Å². The lowest BCUT2D eigenvalue weighted by molar-refractivity contribution is -0.144. The first-order valence-corrected chi connectivity index (χ1v) is 18.7. The normalized spacial score (nSPS) is 11.5. The fraction of sp³-hybridized carbons (Fsp3) is 0.684. The lowest BCUT2D eigenvalue weighted by atomic mass is 9.94. The fourth-order valence-corrected chi connectivity index (χ4v) is 4.91. The molecule has 53 heavy (non-hydrogen) atoms. The first kappa shape index (κ1) is 47.1. The van der Waals surface area contributed by atoms with Crippen LogP contribution in [0.1, 0.15) is 101 Å². The number of benzene rings is 1. The Kier molecular flexibility index (Phi) is 28.1. The molecule has 1 rings (SSSR count). The number of ether oxygens (including phenoxy) is 5. The number of carbonyl (C=O) groups is 6. The van der Waals surface area contributed by atoms with Crippen molar-refractivity contribution in [1.29, 1.82) is 0 Å². The molecule has 0 aliphatic rings. The highest BCUT2D eigenvalue weighted by Gasteiger charge is 2.22. The van der Waals surface area contributed by atoms with Gasteiger partial charge in [-0.15, -0.1) is 0 Å². The number of carboxylic acids is 2. The van der Waals surface area contributed by atoms with Gasteiger partial charge < -0.3 is 44.5 Å². The molecule has 4 N–H and O–H groups in total. The molecule has 0 aliphatic heterocycles. The molecule has 0 spiro atoms. The van der Waals surface area contributed by atoms with Gasteiger partial charge >= 0.3 is 11.9 Å². The summed E-state index contributed by atoms with van der Waals surface area (Å²) in [5.74, 6) is -2.99. The van der Waals surface area contributed by atoms with Crippen molar-refractivity contribution in [3.63, 3.8) is 0 Å². The maximum Gasteiger partial charge on any atom is 0.335 e. The second-order valence-electron chi connectivity index (χ2n) is 12.5. The average molecular weight is 753 g/mol. The minimum absolute atomic E-state index is 0.000475. The molecular weight excluding hydrogens is 692 g/mol. The smallest absolute Gasteiger partial charge is 0.335 e. The molecule has 2 amide bonds. The molecule has 15 heteroatoms. The molecule has 0 fully saturated rings. The zero-order valence-corrected chi connectivity index (χ0v) is 31.2. The Balaban J connectivity index is 1.96. The van der Waals surface area contributed by atoms with Gasteiger partial charge in [-0.25, -0.2) is 4.79 Å². The van der Waals surface area contributed by atoms with E-state index in [1.165, 1.54) is 12.1 Å². The van der Waals surface area contributed by atoms with Crippen LogP contribution in [0.3, 0.4) is 0 Å². The van der Waals surface area contributed by atoms with Crippen LogP contribution in [0.2, 0.25) is 0 Å². The van der Waals surface area contributed by atoms with Gasteiger partial charge in [-0.1, -0.05) is 32.6 Å². The van der Waals surface area contributed by atoms with Crippen molar-refractivity contribution in [3.05, 3.63) is 29.8 Å². The molecule has 1 atom stereocenters. The predicted molar refractivity (Wildman–Crippen MR) is 195 cm³/mol. The lowest BCUT2D eigenvalue weighted by Crippen LogP contribution is -2.29. The zero-order chi connectivity index (χ0) is 38.9. The standard InChI is InChI=1S/C38H60N2O13/c1-2-18-39-36(44)29-52-26-23-49-20-9-11-33(42)28-51-25-24-50-22-19-40-35(43)17-14-31(38(47)48)27-32(41)10-7-5-3-4-6-8-21-53-34-15-12-30(13-16-34)37(45)46/h12-13,15-16,31H,2-11,14,17-29H2,1H3,(H,39,44)(H,40,43)(H,45,46)(H,47,48)/t31-/m1/s1. The highest BCUT2D eigenvalue weighted by atomic mass is 16.5. The number of unbranched alkanes of at least 4 members (excludes halogenated alkanes) is 5. The monoisotopic (exact) mass is 752 g/mol. The molecule has 0 saturated heterocycles. The Morgan fingerprint density at radius 2 is 1.21 bits per heavy atom. The van der Waals surface area contributed by atoms with Crippen molar-refractivity contribution in [2.45, 2.75) is 90.4 Å². The maximum absolute atomic E-state index is 12.4. The fourth-order valence-electron chi connectivity index (χ4n) is 4.91. The first-order chi connectivity index (χ1) is 25.6. The Hall–Kier alpha value is -3.92. The van der Waals surface area contributed by atoms with Gasteiger partial charge in [0.1, 0.15) is 24.7 Å². The topological polar surface area (TPSA) is 213 Å². The number of carboxylic acid groups (broad SMARTS) is 2. The van der Waals surface area contributed by atoms with Crippen molar-refractivity contribution >= 4 is 35.3 Å². The van der Waals surface area contributed by atoms with E-state index in [1.54, 1.807) is 12.1 Å². The van der Waals surface area contributed by atoms with Crippen molar-refractivity contribution in [2.75, 3.05) is 72.6 Å². The van der Waals surface area contributed by atoms with Crippen LogP contribution in [0.4, 0.5) is 0 Å². The van der Waals surface area contributed by atoms with Gasteiger partial charge in [0, 0.05) is 45.4 Å². The van der Waals surface area contributed by atoms with E-state index >= 15 is 0 Å². The molecule has 1 aromatic rings. The molecule has 0 unspecified atom stereocenters. The van der Waals surface area contributed by atoms with E-state index in [1.807, 2.05) is 6.92 Å². The molecule has 300 valence electrons. The van der Waals surface area contributed by atoms with Crippen LogP contribution >= 0.6 is 0 Å². The molecule has 0 saturated carbocycles. The first-order valence-electron chi connectivity index (χ1n) is 18.7. The number of Topliss-reactive ketones (excluding diaryl/α,β-unsaturated/α-hetero) is 2. The average Bonchev–Trinajstić information content (AvgIpc) is 3.13. The highest BCUT2D eigenvalue weighted by molar-refractivity contribution is 5.87. The molecule has 0 aromatic heterocycles. The summed E-state index contributed by atoms with van der Waals surface area (Å²) in [4.78, 5) is 70.4. The Bertz CT molecular complexity index is 1190. The van der Waals surface area contributed by atoms with Crippen molar-refractivity contribution in [1.82, 2.24) is 10.6 Å². The molecule has 1 aromatic carbocycles. The number of aromatic carboxylic acids is 1. The van der Waals surface area contributed by atoms with Gasteiger partial charge in [0.2, 0.25) is 11.8 Å². The zero-order valence-electron chi connectivity index (χ0n) is 31.2. The van der Waals surface area contributed by atoms with Gasteiger partial charge in [-0.05, 0) is 56.4 Å². The van der Waals surface area contributed by atoms with Crippen LogP contribution in [0.25, 0.3) is 0 Å². The predicted octanol–water partition coefficient (Wildman–Crippen LogP) is 3.99. The molecule has 0 bridgehead atoms. The summed E-state index contributed by atoms with van der Waals surface area (Å²) >= 11 is 0. The Labute approximate surface area is 312 Å². The summed E-state index contributed by atoms with van der Waals surface area (Å²) in [6.45, 7) is 5.08. The summed E-state index contributed by atoms with van der Waals surface area (Å²) in [5, 5.41) is 23.9. The number of hydrogen-bond donors (Lipinski definition) is 4. The van der Waals surface area contributed by atoms with E-state index in [9.17, 15) is 33.9 Å². The van der Waals surface area contributed by atoms with Crippen molar-refractivity contribution in [2.24, 2.45) is 5.92 Å². The van der Waals surface area contributed by atoms with Crippen LogP contribution in [0.5, 0.6) is 5.75 Å². The number of rotatable bonds is 36. The second kappa shape index (κ2) is 31.6. The summed E-state index contributed by atoms with van der Waals surface area (Å²) in [6, 6.07) is 6.28. The van der Waals surface area contributed by atoms with Crippen LogP contribution in [-0.4, -0.2) is 118 Å². The number of amides is 2. The third-order valence-electron chi connectivity index (χ3n) is 7.89. The van der Waals surface area contributed by atoms with Gasteiger partial charge in [-0.3, -0.25) is 24.0 Å². The van der Waals surface area contributed by atoms with Gasteiger partial charge in [0.05, 0.1) is 51.1 Å². The van der Waals surface area contributed by atoms with E-state index < -0.39 is 17.9 Å². The van der Waals surface area contributed by atoms with E-state index in [0.29, 0.717) is 64.4 Å². The quantitative estimate of drug-likeness (QED) is 0.0715. The molecule has 15 nitrogen and oxygen atoms in total. The molecular formula is C38H60N2O13. The van der Waals surface area contributed by atoms with Gasteiger partial charge in [0.15, 0.2) is 5.78 Å². The minimum Gasteiger partial charge on any atom is -0.494 e. The third kappa shape index (κ3) is 27.4. The van der Waals surface area contributed by atoms with Crippen LogP contribution in [0.15, 0.2) is 24.3 Å². The lowest BCUT2D eigenvalue weighted by Gasteiger charge is -2.12. The Morgan fingerprint density at radius 3 is 1.89 bits per heavy atom.